The number of nitrogens with zero attached hydrogens (tertiary/aromatic N) is 2. The lowest BCUT2D eigenvalue weighted by Gasteiger charge is -2.22. The molecule has 10 heteroatoms. The third-order valence-electron chi connectivity index (χ3n) is 6.33. The van der Waals surface area contributed by atoms with Crippen LogP contribution in [0.5, 0.6) is 0 Å². The molecule has 0 spiro atoms. The summed E-state index contributed by atoms with van der Waals surface area (Å²) < 4.78 is 0. The monoisotopic (exact) mass is 378 g/mol. The van der Waals surface area contributed by atoms with Gasteiger partial charge in [0.15, 0.2) is 0 Å². The fourth-order valence-corrected chi connectivity index (χ4v) is 4.94. The molecule has 8 N–H and O–H groups in total. The number of aliphatic hydroxyl groups excluding tert-OH is 8. The lowest BCUT2D eigenvalue weighted by molar-refractivity contribution is -0.000914. The summed E-state index contributed by atoms with van der Waals surface area (Å²) in [4.78, 5) is 3.58. The summed E-state index contributed by atoms with van der Waals surface area (Å²) in [6.45, 7) is 0.902. The Kier molecular flexibility index (Phi) is 6.19. The molecule has 0 radical (unpaired) electrons. The predicted molar refractivity (Wildman–Crippen MR) is 88.0 cm³/mol. The Morgan fingerprint density at radius 1 is 0.577 bits per heavy atom. The van der Waals surface area contributed by atoms with Gasteiger partial charge in [0.2, 0.25) is 0 Å². The van der Waals surface area contributed by atoms with Crippen molar-refractivity contribution in [1.29, 1.82) is 0 Å². The summed E-state index contributed by atoms with van der Waals surface area (Å²) >= 11 is 0. The van der Waals surface area contributed by atoms with E-state index < -0.39 is 60.8 Å². The van der Waals surface area contributed by atoms with E-state index in [1.807, 2.05) is 0 Å². The number of fused-ring (bicyclic) bond motifs is 2. The van der Waals surface area contributed by atoms with E-state index in [9.17, 15) is 30.6 Å². The first-order chi connectivity index (χ1) is 12.3. The maximum absolute atomic E-state index is 9.58. The molecule has 4 saturated heterocycles. The summed E-state index contributed by atoms with van der Waals surface area (Å²) in [5.41, 5.74) is 0. The molecule has 0 bridgehead atoms. The summed E-state index contributed by atoms with van der Waals surface area (Å²) in [5.74, 6) is 0. The zero-order valence-electron chi connectivity index (χ0n) is 14.5. The SMILES string of the molecule is OC[C@@H]1[C@@H](O)[C@H](O)[C@@H]2[C@@H](O)CCN21.OC[C@@H]1[C@@H](O)[C@H](O)[C@H]2[C@@H](O)CCN21. The Hall–Kier alpha value is -0.400. The average molecular weight is 378 g/mol. The van der Waals surface area contributed by atoms with Crippen LogP contribution in [0.15, 0.2) is 0 Å². The molecular weight excluding hydrogens is 348 g/mol. The van der Waals surface area contributed by atoms with Crippen molar-refractivity contribution in [3.63, 3.8) is 0 Å². The van der Waals surface area contributed by atoms with Gasteiger partial charge in [-0.05, 0) is 12.8 Å². The van der Waals surface area contributed by atoms with E-state index in [4.69, 9.17) is 10.2 Å². The molecule has 4 aliphatic heterocycles. The van der Waals surface area contributed by atoms with E-state index in [0.29, 0.717) is 25.9 Å². The van der Waals surface area contributed by atoms with Crippen LogP contribution in [0.25, 0.3) is 0 Å². The highest BCUT2D eigenvalue weighted by Crippen LogP contribution is 2.34. The van der Waals surface area contributed by atoms with Crippen LogP contribution in [0.3, 0.4) is 0 Å². The lowest BCUT2D eigenvalue weighted by atomic mass is 10.0. The van der Waals surface area contributed by atoms with Crippen molar-refractivity contribution in [2.75, 3.05) is 26.3 Å². The molecule has 0 unspecified atom stereocenters. The first kappa shape index (κ1) is 20.3. The summed E-state index contributed by atoms with van der Waals surface area (Å²) in [6.07, 6.45) is -3.71. The fourth-order valence-electron chi connectivity index (χ4n) is 4.94. The van der Waals surface area contributed by atoms with Gasteiger partial charge in [-0.2, -0.15) is 0 Å². The van der Waals surface area contributed by atoms with Gasteiger partial charge in [0.1, 0.15) is 0 Å². The minimum Gasteiger partial charge on any atom is -0.395 e. The Balaban J connectivity index is 0.000000151. The quantitative estimate of drug-likeness (QED) is 0.233. The molecule has 10 nitrogen and oxygen atoms in total. The standard InChI is InChI=1S/2C8H15NO4/c2*10-3-4-7(12)8(13)6-5(11)1-2-9(4)6/h2*4-8,10-13H,1-3H2/t4-,5+,6+,7-,8-;4-,5+,6-,7-,8-/m11/s1. The Morgan fingerprint density at radius 3 is 1.23 bits per heavy atom. The van der Waals surface area contributed by atoms with Crippen LogP contribution in [0.4, 0.5) is 0 Å². The van der Waals surface area contributed by atoms with Crippen molar-refractivity contribution in [3.05, 3.63) is 0 Å². The van der Waals surface area contributed by atoms with Crippen molar-refractivity contribution in [2.45, 2.75) is 73.6 Å². The smallest absolute Gasteiger partial charge is 0.0995 e. The largest absolute Gasteiger partial charge is 0.395 e. The van der Waals surface area contributed by atoms with Crippen molar-refractivity contribution in [3.8, 4) is 0 Å². The van der Waals surface area contributed by atoms with Gasteiger partial charge in [-0.3, -0.25) is 9.80 Å². The normalized spacial score (nSPS) is 51.2. The van der Waals surface area contributed by atoms with Crippen LogP contribution in [-0.4, -0.2) is 138 Å². The van der Waals surface area contributed by atoms with Crippen molar-refractivity contribution < 1.29 is 40.9 Å². The molecule has 4 rings (SSSR count). The van der Waals surface area contributed by atoms with Gasteiger partial charge < -0.3 is 40.9 Å². The van der Waals surface area contributed by atoms with Crippen molar-refractivity contribution in [2.24, 2.45) is 0 Å². The molecule has 4 aliphatic rings. The highest BCUT2D eigenvalue weighted by molar-refractivity contribution is 5.07. The van der Waals surface area contributed by atoms with E-state index in [2.05, 4.69) is 0 Å². The molecule has 0 saturated carbocycles. The van der Waals surface area contributed by atoms with Gasteiger partial charge in [-0.25, -0.2) is 0 Å². The van der Waals surface area contributed by atoms with Gasteiger partial charge in [-0.15, -0.1) is 0 Å². The number of rotatable bonds is 2. The number of aliphatic hydroxyl groups is 8. The van der Waals surface area contributed by atoms with Gasteiger partial charge in [0.05, 0.1) is 74.0 Å². The second-order valence-electron chi connectivity index (χ2n) is 7.63. The van der Waals surface area contributed by atoms with E-state index in [-0.39, 0.29) is 13.2 Å². The van der Waals surface area contributed by atoms with Gasteiger partial charge in [0.25, 0.3) is 0 Å². The minimum absolute atomic E-state index is 0.179. The molecule has 152 valence electrons. The van der Waals surface area contributed by atoms with E-state index in [1.165, 1.54) is 0 Å². The average Bonchev–Trinajstić information content (AvgIpc) is 3.30. The zero-order chi connectivity index (χ0) is 19.2. The van der Waals surface area contributed by atoms with Gasteiger partial charge in [0, 0.05) is 13.1 Å². The van der Waals surface area contributed by atoms with E-state index in [1.54, 1.807) is 9.80 Å². The third kappa shape index (κ3) is 3.18. The highest BCUT2D eigenvalue weighted by atomic mass is 16.4. The molecule has 4 fully saturated rings. The van der Waals surface area contributed by atoms with E-state index >= 15 is 0 Å². The molecule has 0 aliphatic carbocycles. The summed E-state index contributed by atoms with van der Waals surface area (Å²) in [7, 11) is 0. The Labute approximate surface area is 151 Å². The molecule has 0 aromatic carbocycles. The molecular formula is C16H30N2O8. The second kappa shape index (κ2) is 7.92. The molecule has 10 atom stereocenters. The molecule has 26 heavy (non-hydrogen) atoms. The van der Waals surface area contributed by atoms with Crippen LogP contribution in [0.1, 0.15) is 12.8 Å². The number of hydrogen-bond donors (Lipinski definition) is 8. The van der Waals surface area contributed by atoms with Gasteiger partial charge >= 0.3 is 0 Å². The number of hydrogen-bond acceptors (Lipinski definition) is 10. The molecule has 0 aromatic rings. The van der Waals surface area contributed by atoms with Crippen LogP contribution in [0, 0.1) is 0 Å². The highest BCUT2D eigenvalue weighted by Gasteiger charge is 2.53. The third-order valence-corrected chi connectivity index (χ3v) is 6.33. The maximum Gasteiger partial charge on any atom is 0.0995 e. The Bertz CT molecular complexity index is 443. The van der Waals surface area contributed by atoms with Crippen molar-refractivity contribution in [1.82, 2.24) is 9.80 Å². The summed E-state index contributed by atoms with van der Waals surface area (Å²) in [6, 6.07) is -1.63. The minimum atomic E-state index is -0.940. The summed E-state index contributed by atoms with van der Waals surface area (Å²) in [5, 5.41) is 75.2. The Morgan fingerprint density at radius 2 is 0.923 bits per heavy atom. The zero-order valence-corrected chi connectivity index (χ0v) is 14.5. The first-order valence-electron chi connectivity index (χ1n) is 9.15. The van der Waals surface area contributed by atoms with E-state index in [0.717, 1.165) is 0 Å². The topological polar surface area (TPSA) is 168 Å². The second-order valence-corrected chi connectivity index (χ2v) is 7.63. The molecule has 0 amide bonds. The maximum atomic E-state index is 9.58. The fraction of sp³-hybridized carbons (Fsp3) is 1.00. The first-order valence-corrected chi connectivity index (χ1v) is 9.15. The van der Waals surface area contributed by atoms with Crippen LogP contribution in [0.2, 0.25) is 0 Å². The van der Waals surface area contributed by atoms with Crippen LogP contribution >= 0.6 is 0 Å². The molecule has 4 heterocycles. The van der Waals surface area contributed by atoms with Crippen LogP contribution in [-0.2, 0) is 0 Å². The van der Waals surface area contributed by atoms with Crippen molar-refractivity contribution >= 4 is 0 Å². The molecule has 0 aromatic heterocycles. The lowest BCUT2D eigenvalue weighted by Crippen LogP contribution is -2.39. The predicted octanol–water partition coefficient (Wildman–Crippen LogP) is -4.96. The van der Waals surface area contributed by atoms with Gasteiger partial charge in [-0.1, -0.05) is 0 Å². The van der Waals surface area contributed by atoms with Crippen LogP contribution < -0.4 is 0 Å².